The van der Waals surface area contributed by atoms with E-state index in [2.05, 4.69) is 16.4 Å². The zero-order valence-electron chi connectivity index (χ0n) is 15.0. The highest BCUT2D eigenvalue weighted by Crippen LogP contribution is 2.32. The number of piperidine rings is 1. The van der Waals surface area contributed by atoms with Crippen LogP contribution in [0, 0.1) is 0 Å². The van der Waals surface area contributed by atoms with Crippen LogP contribution >= 0.6 is 0 Å². The van der Waals surface area contributed by atoms with E-state index >= 15 is 0 Å². The highest BCUT2D eigenvalue weighted by molar-refractivity contribution is 5.69. The zero-order chi connectivity index (χ0) is 17.2. The highest BCUT2D eigenvalue weighted by atomic mass is 16.6. The summed E-state index contributed by atoms with van der Waals surface area (Å²) in [6, 6.07) is 4.78. The van der Waals surface area contributed by atoms with Gasteiger partial charge in [-0.1, -0.05) is 6.07 Å². The minimum Gasteiger partial charge on any atom is -0.444 e. The van der Waals surface area contributed by atoms with Gasteiger partial charge in [-0.2, -0.15) is 0 Å². The Labute approximate surface area is 144 Å². The molecule has 3 rings (SSSR count). The van der Waals surface area contributed by atoms with E-state index in [0.717, 1.165) is 37.2 Å². The Balaban J connectivity index is 1.69. The van der Waals surface area contributed by atoms with E-state index in [-0.39, 0.29) is 12.1 Å². The van der Waals surface area contributed by atoms with Crippen LogP contribution in [0.1, 0.15) is 70.9 Å². The average Bonchev–Trinajstić information content (AvgIpc) is 2.50. The topological polar surface area (TPSA) is 54.5 Å². The molecule has 1 N–H and O–H groups in total. The number of aromatic nitrogens is 1. The molecule has 1 aliphatic carbocycles. The van der Waals surface area contributed by atoms with Crippen LogP contribution in [-0.2, 0) is 4.74 Å². The summed E-state index contributed by atoms with van der Waals surface area (Å²) in [6.07, 6.45) is 8.60. The Bertz CT molecular complexity index is 561. The fraction of sp³-hybridized carbons (Fsp3) is 0.684. The molecule has 0 bridgehead atoms. The number of likely N-dealkylation sites (tertiary alicyclic amines) is 1. The highest BCUT2D eigenvalue weighted by Gasteiger charge is 2.31. The molecule has 1 saturated heterocycles. The Hall–Kier alpha value is -1.78. The van der Waals surface area contributed by atoms with Gasteiger partial charge in [-0.15, -0.1) is 0 Å². The number of carbonyl (C=O) groups is 1. The lowest BCUT2D eigenvalue weighted by Crippen LogP contribution is -2.41. The van der Waals surface area contributed by atoms with E-state index in [1.807, 2.05) is 37.9 Å². The fourth-order valence-electron chi connectivity index (χ4n) is 3.27. The third-order valence-corrected chi connectivity index (χ3v) is 4.76. The Kier molecular flexibility index (Phi) is 4.97. The quantitative estimate of drug-likeness (QED) is 0.885. The van der Waals surface area contributed by atoms with Crippen LogP contribution < -0.4 is 5.32 Å². The molecule has 1 unspecified atom stereocenters. The summed E-state index contributed by atoms with van der Waals surface area (Å²) < 4.78 is 5.58. The van der Waals surface area contributed by atoms with Crippen molar-refractivity contribution in [2.75, 3.05) is 11.9 Å². The normalized spacial score (nSPS) is 22.0. The van der Waals surface area contributed by atoms with Crippen molar-refractivity contribution in [3.8, 4) is 0 Å². The van der Waals surface area contributed by atoms with Gasteiger partial charge in [-0.25, -0.2) is 9.78 Å². The standard InChI is InChI=1S/C19H29N3O2/c1-19(2,3)24-18(23)22-12-5-4-9-16(22)14-10-11-17(20-13-14)21-15-7-6-8-15/h10-11,13,15-16H,4-9,12H2,1-3H3,(H,20,21). The number of pyridine rings is 1. The van der Waals surface area contributed by atoms with Crippen LogP contribution in [0.15, 0.2) is 18.3 Å². The summed E-state index contributed by atoms with van der Waals surface area (Å²) in [6.45, 7) is 6.48. The molecule has 1 atom stereocenters. The fourth-order valence-corrected chi connectivity index (χ4v) is 3.27. The lowest BCUT2D eigenvalue weighted by Gasteiger charge is -2.37. The minimum atomic E-state index is -0.464. The maximum Gasteiger partial charge on any atom is 0.410 e. The molecule has 1 aromatic heterocycles. The van der Waals surface area contributed by atoms with Crippen molar-refractivity contribution in [3.63, 3.8) is 0 Å². The van der Waals surface area contributed by atoms with Gasteiger partial charge >= 0.3 is 6.09 Å². The van der Waals surface area contributed by atoms with E-state index in [0.29, 0.717) is 6.04 Å². The van der Waals surface area contributed by atoms with Crippen molar-refractivity contribution in [1.29, 1.82) is 0 Å². The third kappa shape index (κ3) is 4.19. The average molecular weight is 331 g/mol. The number of rotatable bonds is 3. The van der Waals surface area contributed by atoms with Crippen molar-refractivity contribution in [2.24, 2.45) is 0 Å². The van der Waals surface area contributed by atoms with E-state index in [1.165, 1.54) is 19.3 Å². The first-order valence-corrected chi connectivity index (χ1v) is 9.14. The molecule has 2 heterocycles. The summed E-state index contributed by atoms with van der Waals surface area (Å²) in [5.74, 6) is 0.933. The molecule has 5 heteroatoms. The number of ether oxygens (including phenoxy) is 1. The Morgan fingerprint density at radius 1 is 1.21 bits per heavy atom. The first-order valence-electron chi connectivity index (χ1n) is 9.14. The van der Waals surface area contributed by atoms with Crippen LogP contribution in [0.2, 0.25) is 0 Å². The molecule has 2 fully saturated rings. The molecule has 0 radical (unpaired) electrons. The van der Waals surface area contributed by atoms with Gasteiger partial charge in [-0.3, -0.25) is 0 Å². The Morgan fingerprint density at radius 3 is 2.58 bits per heavy atom. The molecule has 5 nitrogen and oxygen atoms in total. The number of anilines is 1. The number of hydrogen-bond donors (Lipinski definition) is 1. The maximum absolute atomic E-state index is 12.5. The lowest BCUT2D eigenvalue weighted by molar-refractivity contribution is 0.00948. The van der Waals surface area contributed by atoms with Crippen LogP contribution in [0.5, 0.6) is 0 Å². The summed E-state index contributed by atoms with van der Waals surface area (Å²) >= 11 is 0. The van der Waals surface area contributed by atoms with Crippen LogP contribution in [0.4, 0.5) is 10.6 Å². The van der Waals surface area contributed by atoms with E-state index < -0.39 is 5.60 Å². The van der Waals surface area contributed by atoms with Gasteiger partial charge < -0.3 is 15.0 Å². The second-order valence-electron chi connectivity index (χ2n) is 7.93. The lowest BCUT2D eigenvalue weighted by atomic mass is 9.93. The molecule has 132 valence electrons. The molecule has 0 spiro atoms. The van der Waals surface area contributed by atoms with E-state index in [9.17, 15) is 4.79 Å². The van der Waals surface area contributed by atoms with Crippen molar-refractivity contribution >= 4 is 11.9 Å². The number of carbonyl (C=O) groups excluding carboxylic acids is 1. The zero-order valence-corrected chi connectivity index (χ0v) is 15.0. The van der Waals surface area contributed by atoms with Crippen LogP contribution in [0.25, 0.3) is 0 Å². The molecule has 1 saturated carbocycles. The van der Waals surface area contributed by atoms with Crippen molar-refractivity contribution in [3.05, 3.63) is 23.9 Å². The number of nitrogens with zero attached hydrogens (tertiary/aromatic N) is 2. The summed E-state index contributed by atoms with van der Waals surface area (Å²) in [7, 11) is 0. The summed E-state index contributed by atoms with van der Waals surface area (Å²) in [5.41, 5.74) is 0.633. The molecule has 1 aliphatic heterocycles. The van der Waals surface area contributed by atoms with Crippen molar-refractivity contribution < 1.29 is 9.53 Å². The summed E-state index contributed by atoms with van der Waals surface area (Å²) in [5, 5.41) is 3.46. The van der Waals surface area contributed by atoms with Crippen molar-refractivity contribution in [2.45, 2.75) is 77.0 Å². The molecular formula is C19H29N3O2. The molecule has 1 aromatic rings. The van der Waals surface area contributed by atoms with E-state index in [4.69, 9.17) is 4.74 Å². The molecule has 24 heavy (non-hydrogen) atoms. The Morgan fingerprint density at radius 2 is 2.00 bits per heavy atom. The first kappa shape index (κ1) is 17.1. The van der Waals surface area contributed by atoms with E-state index in [1.54, 1.807) is 0 Å². The van der Waals surface area contributed by atoms with Crippen LogP contribution in [0.3, 0.4) is 0 Å². The van der Waals surface area contributed by atoms with Gasteiger partial charge in [0.15, 0.2) is 0 Å². The number of amides is 1. The van der Waals surface area contributed by atoms with Crippen molar-refractivity contribution in [1.82, 2.24) is 9.88 Å². The van der Waals surface area contributed by atoms with Gasteiger partial charge in [0, 0.05) is 18.8 Å². The molecule has 2 aliphatic rings. The monoisotopic (exact) mass is 331 g/mol. The SMILES string of the molecule is CC(C)(C)OC(=O)N1CCCCC1c1ccc(NC2CCC2)nc1. The second-order valence-corrected chi connectivity index (χ2v) is 7.93. The number of nitrogens with one attached hydrogen (secondary N) is 1. The van der Waals surface area contributed by atoms with Gasteiger partial charge in [0.1, 0.15) is 11.4 Å². The first-order chi connectivity index (χ1) is 11.4. The maximum atomic E-state index is 12.5. The predicted octanol–water partition coefficient (Wildman–Crippen LogP) is 4.51. The molecule has 0 aromatic carbocycles. The molecular weight excluding hydrogens is 302 g/mol. The predicted molar refractivity (Wildman–Crippen MR) is 95.0 cm³/mol. The minimum absolute atomic E-state index is 0.0684. The molecule has 1 amide bonds. The summed E-state index contributed by atoms with van der Waals surface area (Å²) in [4.78, 5) is 18.9. The number of hydrogen-bond acceptors (Lipinski definition) is 4. The van der Waals surface area contributed by atoms with Crippen LogP contribution in [-0.4, -0.2) is 34.2 Å². The smallest absolute Gasteiger partial charge is 0.410 e. The van der Waals surface area contributed by atoms with Gasteiger partial charge in [0.05, 0.1) is 6.04 Å². The second kappa shape index (κ2) is 6.99. The van der Waals surface area contributed by atoms with Gasteiger partial charge in [-0.05, 0) is 70.9 Å². The van der Waals surface area contributed by atoms with Gasteiger partial charge in [0.25, 0.3) is 0 Å². The van der Waals surface area contributed by atoms with Gasteiger partial charge in [0.2, 0.25) is 0 Å². The third-order valence-electron chi connectivity index (χ3n) is 4.76. The largest absolute Gasteiger partial charge is 0.444 e.